The third kappa shape index (κ3) is 5.86. The molecule has 8 nitrogen and oxygen atoms in total. The highest BCUT2D eigenvalue weighted by molar-refractivity contribution is 7.89. The van der Waals surface area contributed by atoms with Crippen molar-refractivity contribution in [3.05, 3.63) is 4.88 Å². The van der Waals surface area contributed by atoms with Gasteiger partial charge in [0, 0.05) is 12.1 Å². The van der Waals surface area contributed by atoms with Gasteiger partial charge in [-0.15, -0.1) is 0 Å². The smallest absolute Gasteiger partial charge is 0.265 e. The molecule has 0 unspecified atom stereocenters. The summed E-state index contributed by atoms with van der Waals surface area (Å²) >= 11 is 1.13. The van der Waals surface area contributed by atoms with Gasteiger partial charge in [0.15, 0.2) is 5.13 Å². The van der Waals surface area contributed by atoms with E-state index in [2.05, 4.69) is 20.3 Å². The van der Waals surface area contributed by atoms with Crippen LogP contribution in [0.4, 0.5) is 10.9 Å². The molecule has 0 aliphatic rings. The van der Waals surface area contributed by atoms with E-state index in [1.807, 2.05) is 20.8 Å². The summed E-state index contributed by atoms with van der Waals surface area (Å²) < 4.78 is 24.6. The quantitative estimate of drug-likeness (QED) is 0.589. The highest BCUT2D eigenvalue weighted by Crippen LogP contribution is 2.26. The van der Waals surface area contributed by atoms with Gasteiger partial charge in [-0.3, -0.25) is 4.79 Å². The number of anilines is 2. The predicted octanol–water partition coefficient (Wildman–Crippen LogP) is 0.215. The van der Waals surface area contributed by atoms with Gasteiger partial charge in [0.05, 0.1) is 5.75 Å². The van der Waals surface area contributed by atoms with Crippen LogP contribution in [0.15, 0.2) is 0 Å². The highest BCUT2D eigenvalue weighted by Gasteiger charge is 2.19. The molecule has 0 atom stereocenters. The zero-order valence-corrected chi connectivity index (χ0v) is 14.1. The van der Waals surface area contributed by atoms with E-state index in [4.69, 9.17) is 5.73 Å². The molecule has 10 heteroatoms. The number of amides is 1. The van der Waals surface area contributed by atoms with Crippen molar-refractivity contribution >= 4 is 38.2 Å². The molecule has 0 bridgehead atoms. The lowest BCUT2D eigenvalue weighted by Gasteiger charge is -2.19. The predicted molar refractivity (Wildman–Crippen MR) is 85.1 cm³/mol. The van der Waals surface area contributed by atoms with E-state index in [-0.39, 0.29) is 28.5 Å². The number of hydrogen-bond donors (Lipinski definition) is 4. The summed E-state index contributed by atoms with van der Waals surface area (Å²) in [5.74, 6) is -0.500. The van der Waals surface area contributed by atoms with Crippen LogP contribution in [0, 0.1) is 0 Å². The SMILES string of the molecule is CNS(=O)(=O)CCNC(=O)c1sc(NC(C)(C)C)nc1N. The fourth-order valence-electron chi connectivity index (χ4n) is 1.35. The fraction of sp³-hybridized carbons (Fsp3) is 0.636. The molecule has 1 aromatic rings. The number of thiazole rings is 1. The van der Waals surface area contributed by atoms with Crippen molar-refractivity contribution < 1.29 is 13.2 Å². The first-order valence-electron chi connectivity index (χ1n) is 6.28. The van der Waals surface area contributed by atoms with E-state index in [9.17, 15) is 13.2 Å². The third-order valence-corrected chi connectivity index (χ3v) is 4.66. The first-order valence-corrected chi connectivity index (χ1v) is 8.75. The average molecular weight is 335 g/mol. The number of nitrogen functional groups attached to an aromatic ring is 1. The van der Waals surface area contributed by atoms with Gasteiger partial charge in [0.1, 0.15) is 10.7 Å². The molecule has 0 aliphatic heterocycles. The van der Waals surface area contributed by atoms with Crippen molar-refractivity contribution in [1.82, 2.24) is 15.0 Å². The summed E-state index contributed by atoms with van der Waals surface area (Å²) in [4.78, 5) is 16.3. The third-order valence-electron chi connectivity index (χ3n) is 2.31. The van der Waals surface area contributed by atoms with Gasteiger partial charge in [-0.2, -0.15) is 0 Å². The minimum absolute atomic E-state index is 0.00137. The van der Waals surface area contributed by atoms with Crippen LogP contribution in [0.25, 0.3) is 0 Å². The first kappa shape index (κ1) is 17.7. The van der Waals surface area contributed by atoms with E-state index < -0.39 is 15.9 Å². The molecule has 1 heterocycles. The summed E-state index contributed by atoms with van der Waals surface area (Å²) in [7, 11) is -2.02. The van der Waals surface area contributed by atoms with Crippen molar-refractivity contribution in [2.45, 2.75) is 26.3 Å². The lowest BCUT2D eigenvalue weighted by atomic mass is 10.1. The highest BCUT2D eigenvalue weighted by atomic mass is 32.2. The molecule has 1 rings (SSSR count). The van der Waals surface area contributed by atoms with E-state index >= 15 is 0 Å². The zero-order valence-electron chi connectivity index (χ0n) is 12.5. The summed E-state index contributed by atoms with van der Waals surface area (Å²) in [6.07, 6.45) is 0. The number of rotatable bonds is 6. The van der Waals surface area contributed by atoms with E-state index in [1.54, 1.807) is 0 Å². The molecule has 0 spiro atoms. The van der Waals surface area contributed by atoms with E-state index in [1.165, 1.54) is 7.05 Å². The van der Waals surface area contributed by atoms with Crippen molar-refractivity contribution in [3.63, 3.8) is 0 Å². The molecule has 120 valence electrons. The number of carbonyl (C=O) groups excluding carboxylic acids is 1. The van der Waals surface area contributed by atoms with Gasteiger partial charge in [0.2, 0.25) is 10.0 Å². The molecule has 21 heavy (non-hydrogen) atoms. The van der Waals surface area contributed by atoms with Gasteiger partial charge >= 0.3 is 0 Å². The normalized spacial score (nSPS) is 12.2. The van der Waals surface area contributed by atoms with Gasteiger partial charge in [-0.1, -0.05) is 11.3 Å². The lowest BCUT2D eigenvalue weighted by Crippen LogP contribution is -2.32. The van der Waals surface area contributed by atoms with Crippen molar-refractivity contribution in [3.8, 4) is 0 Å². The maximum atomic E-state index is 12.0. The van der Waals surface area contributed by atoms with Crippen LogP contribution in [-0.2, 0) is 10.0 Å². The van der Waals surface area contributed by atoms with Gasteiger partial charge in [-0.25, -0.2) is 18.1 Å². The largest absolute Gasteiger partial charge is 0.382 e. The summed E-state index contributed by atoms with van der Waals surface area (Å²) in [5.41, 5.74) is 5.52. The van der Waals surface area contributed by atoms with Crippen LogP contribution in [0.2, 0.25) is 0 Å². The van der Waals surface area contributed by atoms with E-state index in [0.29, 0.717) is 5.13 Å². The van der Waals surface area contributed by atoms with Gasteiger partial charge < -0.3 is 16.4 Å². The molecule has 0 fully saturated rings. The Morgan fingerprint density at radius 3 is 2.52 bits per heavy atom. The maximum absolute atomic E-state index is 12.0. The number of sulfonamides is 1. The Hall–Kier alpha value is -1.39. The van der Waals surface area contributed by atoms with Gasteiger partial charge in [0.25, 0.3) is 5.91 Å². The first-order chi connectivity index (χ1) is 9.54. The molecule has 1 amide bonds. The Bertz CT molecular complexity index is 604. The molecular weight excluding hydrogens is 314 g/mol. The number of nitrogens with two attached hydrogens (primary N) is 1. The monoisotopic (exact) mass is 335 g/mol. The van der Waals surface area contributed by atoms with Crippen molar-refractivity contribution in [2.75, 3.05) is 30.4 Å². The van der Waals surface area contributed by atoms with Crippen LogP contribution in [-0.4, -0.2) is 44.2 Å². The lowest BCUT2D eigenvalue weighted by molar-refractivity contribution is 0.0961. The van der Waals surface area contributed by atoms with Crippen LogP contribution in [0.3, 0.4) is 0 Å². The fourth-order valence-corrected chi connectivity index (χ4v) is 2.93. The second-order valence-electron chi connectivity index (χ2n) is 5.39. The average Bonchev–Trinajstić information content (AvgIpc) is 2.67. The van der Waals surface area contributed by atoms with Gasteiger partial charge in [-0.05, 0) is 27.8 Å². The van der Waals surface area contributed by atoms with Crippen molar-refractivity contribution in [1.29, 1.82) is 0 Å². The summed E-state index contributed by atoms with van der Waals surface area (Å²) in [6.45, 7) is 5.90. The standard InChI is InChI=1S/C11H21N5O3S2/c1-11(2,3)16-10-15-8(12)7(20-10)9(17)14-5-6-21(18,19)13-4/h13H,5-6,12H2,1-4H3,(H,14,17)(H,15,16). The number of aromatic nitrogens is 1. The molecule has 1 aromatic heterocycles. The number of carbonyl (C=O) groups is 1. The van der Waals surface area contributed by atoms with Crippen LogP contribution in [0.1, 0.15) is 30.4 Å². The Labute approximate surface area is 128 Å². The molecule has 0 saturated carbocycles. The minimum atomic E-state index is -3.35. The summed E-state index contributed by atoms with van der Waals surface area (Å²) in [5, 5.41) is 6.19. The molecule has 0 saturated heterocycles. The zero-order chi connectivity index (χ0) is 16.3. The Balaban J connectivity index is 2.67. The number of nitrogens with one attached hydrogen (secondary N) is 3. The summed E-state index contributed by atoms with van der Waals surface area (Å²) in [6, 6.07) is 0. The number of nitrogens with zero attached hydrogens (tertiary/aromatic N) is 1. The second-order valence-corrected chi connectivity index (χ2v) is 8.43. The van der Waals surface area contributed by atoms with Crippen molar-refractivity contribution in [2.24, 2.45) is 0 Å². The maximum Gasteiger partial charge on any atom is 0.265 e. The Kier molecular flexibility index (Phi) is 5.54. The van der Waals surface area contributed by atoms with Crippen LogP contribution < -0.4 is 21.1 Å². The molecule has 5 N–H and O–H groups in total. The molecule has 0 aliphatic carbocycles. The topological polar surface area (TPSA) is 126 Å². The minimum Gasteiger partial charge on any atom is -0.382 e. The Morgan fingerprint density at radius 2 is 2.00 bits per heavy atom. The van der Waals surface area contributed by atoms with Crippen LogP contribution >= 0.6 is 11.3 Å². The van der Waals surface area contributed by atoms with E-state index in [0.717, 1.165) is 11.3 Å². The van der Waals surface area contributed by atoms with Crippen LogP contribution in [0.5, 0.6) is 0 Å². The number of hydrogen-bond acceptors (Lipinski definition) is 7. The molecule has 0 radical (unpaired) electrons. The Morgan fingerprint density at radius 1 is 1.38 bits per heavy atom. The second kappa shape index (κ2) is 6.58. The molecule has 0 aromatic carbocycles. The molecular formula is C11H21N5O3S2.